The van der Waals surface area contributed by atoms with E-state index in [9.17, 15) is 4.79 Å². The van der Waals surface area contributed by atoms with E-state index < -0.39 is 0 Å². The van der Waals surface area contributed by atoms with Crippen LogP contribution in [0.25, 0.3) is 16.6 Å². The number of fused-ring (bicyclic) bond motifs is 1. The van der Waals surface area contributed by atoms with E-state index in [4.69, 9.17) is 4.52 Å². The van der Waals surface area contributed by atoms with Gasteiger partial charge in [-0.1, -0.05) is 17.3 Å². The summed E-state index contributed by atoms with van der Waals surface area (Å²) in [7, 11) is 0. The van der Waals surface area contributed by atoms with Gasteiger partial charge in [-0.05, 0) is 44.9 Å². The molecule has 102 valence electrons. The Bertz CT molecular complexity index is 875. The molecule has 0 aliphatic heterocycles. The molecule has 0 saturated carbocycles. The SMILES string of the molecule is Cc1ccc(C)c(-n2nc(C)c3c(C)onc3c2=O)c1. The van der Waals surface area contributed by atoms with Crippen LogP contribution in [0.4, 0.5) is 0 Å². The summed E-state index contributed by atoms with van der Waals surface area (Å²) in [4.78, 5) is 12.5. The topological polar surface area (TPSA) is 60.9 Å². The monoisotopic (exact) mass is 269 g/mol. The second-order valence-electron chi connectivity index (χ2n) is 5.05. The second kappa shape index (κ2) is 4.30. The Balaban J connectivity index is 2.41. The van der Waals surface area contributed by atoms with E-state index in [0.29, 0.717) is 16.7 Å². The van der Waals surface area contributed by atoms with Crippen LogP contribution in [0, 0.1) is 27.7 Å². The van der Waals surface area contributed by atoms with Crippen molar-refractivity contribution in [1.29, 1.82) is 0 Å². The van der Waals surface area contributed by atoms with Crippen LogP contribution in [-0.2, 0) is 0 Å². The Morgan fingerprint density at radius 3 is 2.65 bits per heavy atom. The van der Waals surface area contributed by atoms with Crippen molar-refractivity contribution in [2.24, 2.45) is 0 Å². The van der Waals surface area contributed by atoms with Crippen molar-refractivity contribution in [2.45, 2.75) is 27.7 Å². The first-order chi connectivity index (χ1) is 9.49. The zero-order valence-corrected chi connectivity index (χ0v) is 11.9. The number of aromatic nitrogens is 3. The molecule has 0 aliphatic rings. The molecule has 0 bridgehead atoms. The standard InChI is InChI=1S/C15H15N3O2/c1-8-5-6-9(2)12(7-8)18-15(19)14-13(10(3)16-18)11(4)20-17-14/h5-7H,1-4H3. The van der Waals surface area contributed by atoms with Gasteiger partial charge >= 0.3 is 5.56 Å². The van der Waals surface area contributed by atoms with Gasteiger partial charge < -0.3 is 4.52 Å². The van der Waals surface area contributed by atoms with E-state index in [0.717, 1.165) is 22.5 Å². The van der Waals surface area contributed by atoms with Gasteiger partial charge in [-0.2, -0.15) is 9.78 Å². The van der Waals surface area contributed by atoms with Gasteiger partial charge in [-0.3, -0.25) is 4.79 Å². The first-order valence-corrected chi connectivity index (χ1v) is 6.42. The molecule has 3 rings (SSSR count). The van der Waals surface area contributed by atoms with E-state index in [2.05, 4.69) is 10.3 Å². The Labute approximate surface area is 115 Å². The molecule has 0 spiro atoms. The van der Waals surface area contributed by atoms with Crippen LogP contribution >= 0.6 is 0 Å². The number of rotatable bonds is 1. The molecular weight excluding hydrogens is 254 g/mol. The molecular formula is C15H15N3O2. The van der Waals surface area contributed by atoms with Gasteiger partial charge in [0, 0.05) is 0 Å². The van der Waals surface area contributed by atoms with Gasteiger partial charge in [-0.15, -0.1) is 0 Å². The van der Waals surface area contributed by atoms with Crippen LogP contribution in [0.2, 0.25) is 0 Å². The normalized spacial score (nSPS) is 11.2. The maximum atomic E-state index is 12.5. The number of aryl methyl sites for hydroxylation is 4. The second-order valence-corrected chi connectivity index (χ2v) is 5.05. The molecule has 20 heavy (non-hydrogen) atoms. The molecule has 1 aromatic carbocycles. The van der Waals surface area contributed by atoms with Gasteiger partial charge in [-0.25, -0.2) is 0 Å². The molecule has 0 atom stereocenters. The molecule has 0 aliphatic carbocycles. The van der Waals surface area contributed by atoms with Crippen LogP contribution in [0.1, 0.15) is 22.6 Å². The Morgan fingerprint density at radius 2 is 1.90 bits per heavy atom. The van der Waals surface area contributed by atoms with Gasteiger partial charge in [0.25, 0.3) is 0 Å². The van der Waals surface area contributed by atoms with Crippen molar-refractivity contribution in [3.05, 3.63) is 51.1 Å². The van der Waals surface area contributed by atoms with E-state index in [1.807, 2.05) is 39.0 Å². The summed E-state index contributed by atoms with van der Waals surface area (Å²) in [6.45, 7) is 7.58. The fourth-order valence-electron chi connectivity index (χ4n) is 2.40. The zero-order valence-electron chi connectivity index (χ0n) is 11.9. The maximum absolute atomic E-state index is 12.5. The molecule has 0 amide bonds. The Kier molecular flexibility index (Phi) is 2.71. The third-order valence-electron chi connectivity index (χ3n) is 3.46. The maximum Gasteiger partial charge on any atom is 0.301 e. The van der Waals surface area contributed by atoms with Gasteiger partial charge in [0.15, 0.2) is 5.52 Å². The van der Waals surface area contributed by atoms with E-state index >= 15 is 0 Å². The fraction of sp³-hybridized carbons (Fsp3) is 0.267. The summed E-state index contributed by atoms with van der Waals surface area (Å²) in [5.41, 5.74) is 3.66. The number of hydrogen-bond acceptors (Lipinski definition) is 4. The van der Waals surface area contributed by atoms with Crippen molar-refractivity contribution in [3.8, 4) is 5.69 Å². The summed E-state index contributed by atoms with van der Waals surface area (Å²) in [5, 5.41) is 8.98. The highest BCUT2D eigenvalue weighted by molar-refractivity contribution is 5.81. The third-order valence-corrected chi connectivity index (χ3v) is 3.46. The number of benzene rings is 1. The van der Waals surface area contributed by atoms with E-state index in [1.54, 1.807) is 6.92 Å². The predicted octanol–water partition coefficient (Wildman–Crippen LogP) is 2.61. The molecule has 0 saturated heterocycles. The predicted molar refractivity (Wildman–Crippen MR) is 76.3 cm³/mol. The Morgan fingerprint density at radius 1 is 1.15 bits per heavy atom. The minimum Gasteiger partial charge on any atom is -0.360 e. The van der Waals surface area contributed by atoms with Crippen LogP contribution < -0.4 is 5.56 Å². The molecule has 2 aromatic heterocycles. The van der Waals surface area contributed by atoms with E-state index in [-0.39, 0.29) is 5.56 Å². The van der Waals surface area contributed by atoms with Gasteiger partial charge in [0.05, 0.1) is 16.8 Å². The van der Waals surface area contributed by atoms with Gasteiger partial charge in [0.2, 0.25) is 0 Å². The molecule has 5 nitrogen and oxygen atoms in total. The lowest BCUT2D eigenvalue weighted by atomic mass is 10.1. The summed E-state index contributed by atoms with van der Waals surface area (Å²) in [5.74, 6) is 0.621. The summed E-state index contributed by atoms with van der Waals surface area (Å²) >= 11 is 0. The highest BCUT2D eigenvalue weighted by Crippen LogP contribution is 2.19. The molecule has 3 aromatic rings. The average molecular weight is 269 g/mol. The minimum atomic E-state index is -0.254. The van der Waals surface area contributed by atoms with Crippen molar-refractivity contribution >= 4 is 10.9 Å². The average Bonchev–Trinajstić information content (AvgIpc) is 2.80. The van der Waals surface area contributed by atoms with Crippen molar-refractivity contribution < 1.29 is 4.52 Å². The smallest absolute Gasteiger partial charge is 0.301 e. The molecule has 5 heteroatoms. The zero-order chi connectivity index (χ0) is 14.4. The van der Waals surface area contributed by atoms with Crippen molar-refractivity contribution in [1.82, 2.24) is 14.9 Å². The lowest BCUT2D eigenvalue weighted by molar-refractivity contribution is 0.405. The van der Waals surface area contributed by atoms with Gasteiger partial charge in [0.1, 0.15) is 5.76 Å². The molecule has 0 fully saturated rings. The van der Waals surface area contributed by atoms with Crippen molar-refractivity contribution in [2.75, 3.05) is 0 Å². The van der Waals surface area contributed by atoms with Crippen molar-refractivity contribution in [3.63, 3.8) is 0 Å². The highest BCUT2D eigenvalue weighted by atomic mass is 16.5. The Hall–Kier alpha value is -2.43. The molecule has 0 N–H and O–H groups in total. The first-order valence-electron chi connectivity index (χ1n) is 6.42. The van der Waals surface area contributed by atoms with Crippen LogP contribution in [0.5, 0.6) is 0 Å². The first kappa shape index (κ1) is 12.6. The molecule has 2 heterocycles. The summed E-state index contributed by atoms with van der Waals surface area (Å²) < 4.78 is 6.52. The number of hydrogen-bond donors (Lipinski definition) is 0. The third kappa shape index (κ3) is 1.74. The molecule has 0 unspecified atom stereocenters. The summed E-state index contributed by atoms with van der Waals surface area (Å²) in [6, 6.07) is 5.93. The molecule has 0 radical (unpaired) electrons. The number of nitrogens with zero attached hydrogens (tertiary/aromatic N) is 3. The minimum absolute atomic E-state index is 0.254. The lowest BCUT2D eigenvalue weighted by Gasteiger charge is -2.09. The van der Waals surface area contributed by atoms with Crippen LogP contribution in [-0.4, -0.2) is 14.9 Å². The fourth-order valence-corrected chi connectivity index (χ4v) is 2.40. The van der Waals surface area contributed by atoms with Crippen LogP contribution in [0.15, 0.2) is 27.5 Å². The van der Waals surface area contributed by atoms with E-state index in [1.165, 1.54) is 4.68 Å². The summed E-state index contributed by atoms with van der Waals surface area (Å²) in [6.07, 6.45) is 0. The quantitative estimate of drug-likeness (QED) is 0.681. The largest absolute Gasteiger partial charge is 0.360 e. The highest BCUT2D eigenvalue weighted by Gasteiger charge is 2.16. The van der Waals surface area contributed by atoms with Crippen LogP contribution in [0.3, 0.4) is 0 Å². The lowest BCUT2D eigenvalue weighted by Crippen LogP contribution is -2.23.